The third-order valence-corrected chi connectivity index (χ3v) is 3.95. The van der Waals surface area contributed by atoms with Crippen LogP contribution in [-0.2, 0) is 13.1 Å². The standard InChI is InChI=1S/C13H23N3O/c1-10-13(9-15(3)12-5-4-6-12)11(2)16(14-10)7-8-17/h12,17H,4-9H2,1-3H3. The minimum Gasteiger partial charge on any atom is -0.394 e. The molecule has 4 nitrogen and oxygen atoms in total. The van der Waals surface area contributed by atoms with Gasteiger partial charge in [0.2, 0.25) is 0 Å². The molecular weight excluding hydrogens is 214 g/mol. The third-order valence-electron chi connectivity index (χ3n) is 3.95. The van der Waals surface area contributed by atoms with E-state index in [1.54, 1.807) is 0 Å². The minimum atomic E-state index is 0.153. The lowest BCUT2D eigenvalue weighted by Gasteiger charge is -2.34. The van der Waals surface area contributed by atoms with Gasteiger partial charge in [0, 0.05) is 23.8 Å². The topological polar surface area (TPSA) is 41.3 Å². The van der Waals surface area contributed by atoms with Crippen LogP contribution in [0.5, 0.6) is 0 Å². The summed E-state index contributed by atoms with van der Waals surface area (Å²) in [5, 5.41) is 13.5. The van der Waals surface area contributed by atoms with E-state index in [1.807, 2.05) is 4.68 Å². The molecule has 0 radical (unpaired) electrons. The van der Waals surface area contributed by atoms with Crippen molar-refractivity contribution in [3.8, 4) is 0 Å². The maximum absolute atomic E-state index is 8.99. The molecular formula is C13H23N3O. The van der Waals surface area contributed by atoms with Gasteiger partial charge in [-0.25, -0.2) is 0 Å². The first-order chi connectivity index (χ1) is 8.13. The van der Waals surface area contributed by atoms with Crippen molar-refractivity contribution in [1.29, 1.82) is 0 Å². The zero-order valence-corrected chi connectivity index (χ0v) is 11.1. The van der Waals surface area contributed by atoms with Crippen LogP contribution >= 0.6 is 0 Å². The van der Waals surface area contributed by atoms with Gasteiger partial charge in [-0.15, -0.1) is 0 Å². The second-order valence-electron chi connectivity index (χ2n) is 5.10. The Morgan fingerprint density at radius 1 is 1.41 bits per heavy atom. The number of rotatable bonds is 5. The molecule has 1 N–H and O–H groups in total. The molecule has 4 heteroatoms. The molecule has 1 fully saturated rings. The maximum Gasteiger partial charge on any atom is 0.0644 e. The highest BCUT2D eigenvalue weighted by molar-refractivity contribution is 5.24. The Hall–Kier alpha value is -0.870. The Morgan fingerprint density at radius 3 is 2.65 bits per heavy atom. The molecule has 1 aliphatic rings. The molecule has 0 spiro atoms. The summed E-state index contributed by atoms with van der Waals surface area (Å²) in [6.07, 6.45) is 4.04. The normalized spacial score (nSPS) is 16.5. The summed E-state index contributed by atoms with van der Waals surface area (Å²) in [5.74, 6) is 0. The summed E-state index contributed by atoms with van der Waals surface area (Å²) in [6.45, 7) is 5.89. The lowest BCUT2D eigenvalue weighted by Crippen LogP contribution is -2.36. The van der Waals surface area contributed by atoms with Crippen LogP contribution in [-0.4, -0.2) is 39.5 Å². The molecule has 0 aliphatic heterocycles. The van der Waals surface area contributed by atoms with Gasteiger partial charge in [-0.05, 0) is 33.7 Å². The van der Waals surface area contributed by atoms with Crippen LogP contribution in [0.1, 0.15) is 36.2 Å². The van der Waals surface area contributed by atoms with Crippen LogP contribution in [0.15, 0.2) is 0 Å². The zero-order chi connectivity index (χ0) is 12.4. The molecule has 1 heterocycles. The van der Waals surface area contributed by atoms with Gasteiger partial charge in [-0.1, -0.05) is 6.42 Å². The average molecular weight is 237 g/mol. The number of hydrogen-bond acceptors (Lipinski definition) is 3. The fraction of sp³-hybridized carbons (Fsp3) is 0.769. The third kappa shape index (κ3) is 2.53. The average Bonchev–Trinajstić information content (AvgIpc) is 2.44. The lowest BCUT2D eigenvalue weighted by atomic mass is 9.91. The Labute approximate surface area is 103 Å². The molecule has 1 aromatic heterocycles. The van der Waals surface area contributed by atoms with Gasteiger partial charge in [0.1, 0.15) is 0 Å². The molecule has 0 saturated heterocycles. The summed E-state index contributed by atoms with van der Waals surface area (Å²) in [4.78, 5) is 2.43. The van der Waals surface area contributed by atoms with Crippen molar-refractivity contribution in [2.24, 2.45) is 0 Å². The molecule has 0 amide bonds. The second kappa shape index (κ2) is 5.19. The Morgan fingerprint density at radius 2 is 2.12 bits per heavy atom. The Kier molecular flexibility index (Phi) is 3.84. The van der Waals surface area contributed by atoms with Crippen molar-refractivity contribution in [2.75, 3.05) is 13.7 Å². The molecule has 0 unspecified atom stereocenters. The SMILES string of the molecule is Cc1nn(CCO)c(C)c1CN(C)C1CCC1. The van der Waals surface area contributed by atoms with Crippen LogP contribution in [0.25, 0.3) is 0 Å². The molecule has 0 atom stereocenters. The van der Waals surface area contributed by atoms with E-state index >= 15 is 0 Å². The van der Waals surface area contributed by atoms with Gasteiger partial charge in [0.25, 0.3) is 0 Å². The van der Waals surface area contributed by atoms with Crippen LogP contribution in [0, 0.1) is 13.8 Å². The van der Waals surface area contributed by atoms with Crippen LogP contribution < -0.4 is 0 Å². The number of nitrogens with zero attached hydrogens (tertiary/aromatic N) is 3. The Bertz CT molecular complexity index is 382. The van der Waals surface area contributed by atoms with Crippen LogP contribution in [0.3, 0.4) is 0 Å². The first-order valence-electron chi connectivity index (χ1n) is 6.47. The highest BCUT2D eigenvalue weighted by Crippen LogP contribution is 2.26. The second-order valence-corrected chi connectivity index (χ2v) is 5.10. The maximum atomic E-state index is 8.99. The van der Waals surface area contributed by atoms with E-state index in [-0.39, 0.29) is 6.61 Å². The quantitative estimate of drug-likeness (QED) is 0.843. The van der Waals surface area contributed by atoms with E-state index in [1.165, 1.54) is 30.5 Å². The fourth-order valence-electron chi connectivity index (χ4n) is 2.48. The highest BCUT2D eigenvalue weighted by atomic mass is 16.3. The summed E-state index contributed by atoms with van der Waals surface area (Å²) < 4.78 is 1.92. The zero-order valence-electron chi connectivity index (χ0n) is 11.1. The van der Waals surface area contributed by atoms with Crippen LogP contribution in [0.2, 0.25) is 0 Å². The van der Waals surface area contributed by atoms with Crippen molar-refractivity contribution in [2.45, 2.75) is 52.2 Å². The van der Waals surface area contributed by atoms with Gasteiger partial charge < -0.3 is 5.11 Å². The number of aromatic nitrogens is 2. The van der Waals surface area contributed by atoms with E-state index in [2.05, 4.69) is 30.9 Å². The summed E-state index contributed by atoms with van der Waals surface area (Å²) in [5.41, 5.74) is 3.62. The summed E-state index contributed by atoms with van der Waals surface area (Å²) in [6, 6.07) is 0.759. The van der Waals surface area contributed by atoms with Gasteiger partial charge in [0.05, 0.1) is 18.8 Å². The predicted molar refractivity (Wildman–Crippen MR) is 67.9 cm³/mol. The lowest BCUT2D eigenvalue weighted by molar-refractivity contribution is 0.152. The molecule has 1 aromatic rings. The monoisotopic (exact) mass is 237 g/mol. The number of hydrogen-bond donors (Lipinski definition) is 1. The number of aliphatic hydroxyl groups excluding tert-OH is 1. The molecule has 2 rings (SSSR count). The highest BCUT2D eigenvalue weighted by Gasteiger charge is 2.23. The van der Waals surface area contributed by atoms with E-state index in [0.717, 1.165) is 18.3 Å². The molecule has 0 aromatic carbocycles. The van der Waals surface area contributed by atoms with Crippen molar-refractivity contribution < 1.29 is 5.11 Å². The first kappa shape index (κ1) is 12.6. The van der Waals surface area contributed by atoms with Crippen molar-refractivity contribution in [1.82, 2.24) is 14.7 Å². The van der Waals surface area contributed by atoms with E-state index < -0.39 is 0 Å². The van der Waals surface area contributed by atoms with Gasteiger partial charge in [-0.2, -0.15) is 5.10 Å². The fourth-order valence-corrected chi connectivity index (χ4v) is 2.48. The number of aliphatic hydroxyl groups is 1. The Balaban J connectivity index is 2.08. The number of aryl methyl sites for hydroxylation is 1. The van der Waals surface area contributed by atoms with Crippen molar-refractivity contribution in [3.05, 3.63) is 17.0 Å². The minimum absolute atomic E-state index is 0.153. The van der Waals surface area contributed by atoms with Crippen molar-refractivity contribution >= 4 is 0 Å². The molecule has 0 bridgehead atoms. The first-order valence-corrected chi connectivity index (χ1v) is 6.47. The molecule has 96 valence electrons. The largest absolute Gasteiger partial charge is 0.394 e. The van der Waals surface area contributed by atoms with Crippen LogP contribution in [0.4, 0.5) is 0 Å². The van der Waals surface area contributed by atoms with Gasteiger partial charge in [0.15, 0.2) is 0 Å². The van der Waals surface area contributed by atoms with Crippen molar-refractivity contribution in [3.63, 3.8) is 0 Å². The van der Waals surface area contributed by atoms with Gasteiger partial charge in [-0.3, -0.25) is 9.58 Å². The summed E-state index contributed by atoms with van der Waals surface area (Å²) in [7, 11) is 2.20. The molecule has 1 aliphatic carbocycles. The summed E-state index contributed by atoms with van der Waals surface area (Å²) >= 11 is 0. The van der Waals surface area contributed by atoms with E-state index in [9.17, 15) is 0 Å². The smallest absolute Gasteiger partial charge is 0.0644 e. The molecule has 1 saturated carbocycles. The predicted octanol–water partition coefficient (Wildman–Crippen LogP) is 1.48. The molecule has 17 heavy (non-hydrogen) atoms. The van der Waals surface area contributed by atoms with E-state index in [4.69, 9.17) is 5.11 Å². The van der Waals surface area contributed by atoms with Gasteiger partial charge >= 0.3 is 0 Å². The van der Waals surface area contributed by atoms with E-state index in [0.29, 0.717) is 6.54 Å².